The lowest BCUT2D eigenvalue weighted by molar-refractivity contribution is 0.0686. The normalized spacial score (nSPS) is 10.6. The Hall–Kier alpha value is -5.75. The second-order valence-corrected chi connectivity index (χ2v) is 10.2. The zero-order valence-electron chi connectivity index (χ0n) is 25.1. The van der Waals surface area contributed by atoms with E-state index < -0.39 is 11.9 Å². The molecular formula is C36H31N3O6. The third kappa shape index (κ3) is 6.76. The van der Waals surface area contributed by atoms with Gasteiger partial charge in [-0.3, -0.25) is 9.97 Å². The number of carbonyl (C=O) groups is 2. The Morgan fingerprint density at radius 3 is 2.00 bits per heavy atom. The van der Waals surface area contributed by atoms with Crippen LogP contribution in [0.25, 0.3) is 44.7 Å². The van der Waals surface area contributed by atoms with Gasteiger partial charge in [-0.15, -0.1) is 5.92 Å². The molecule has 5 aromatic rings. The number of rotatable bonds is 11. The number of hydrogen-bond acceptors (Lipinski definition) is 7. The summed E-state index contributed by atoms with van der Waals surface area (Å²) in [6, 6.07) is 17.2. The molecule has 0 saturated heterocycles. The van der Waals surface area contributed by atoms with Crippen LogP contribution >= 0.6 is 0 Å². The van der Waals surface area contributed by atoms with Crippen molar-refractivity contribution in [3.63, 3.8) is 0 Å². The van der Waals surface area contributed by atoms with E-state index in [0.29, 0.717) is 30.4 Å². The van der Waals surface area contributed by atoms with Crippen LogP contribution in [-0.2, 0) is 0 Å². The average molecular weight is 602 g/mol. The predicted octanol–water partition coefficient (Wildman–Crippen LogP) is 7.37. The number of aromatic carboxylic acids is 2. The minimum absolute atomic E-state index is 0.0138. The van der Waals surface area contributed by atoms with Crippen molar-refractivity contribution < 1.29 is 29.3 Å². The number of carboxylic acid groups (broad SMARTS) is 2. The first-order chi connectivity index (χ1) is 21.8. The van der Waals surface area contributed by atoms with E-state index in [9.17, 15) is 19.8 Å². The number of aromatic nitrogens is 3. The zero-order valence-corrected chi connectivity index (χ0v) is 25.1. The minimum Gasteiger partial charge on any atom is -0.493 e. The Bertz CT molecular complexity index is 1980. The van der Waals surface area contributed by atoms with Gasteiger partial charge in [0.05, 0.1) is 52.7 Å². The summed E-state index contributed by atoms with van der Waals surface area (Å²) in [6.45, 7) is 7.00. The number of hydrogen-bond donors (Lipinski definition) is 2. The van der Waals surface area contributed by atoms with Crippen LogP contribution in [0, 0.1) is 11.8 Å². The molecule has 226 valence electrons. The lowest BCUT2D eigenvalue weighted by atomic mass is 9.98. The molecule has 0 radical (unpaired) electrons. The molecule has 0 aliphatic rings. The average Bonchev–Trinajstić information content (AvgIpc) is 3.06. The summed E-state index contributed by atoms with van der Waals surface area (Å²) >= 11 is 0. The zero-order chi connectivity index (χ0) is 31.9. The van der Waals surface area contributed by atoms with Crippen molar-refractivity contribution in [1.29, 1.82) is 0 Å². The number of pyridine rings is 3. The van der Waals surface area contributed by atoms with Gasteiger partial charge < -0.3 is 19.7 Å². The summed E-state index contributed by atoms with van der Waals surface area (Å²) in [4.78, 5) is 36.9. The van der Waals surface area contributed by atoms with E-state index >= 15 is 0 Å². The first-order valence-corrected chi connectivity index (χ1v) is 14.5. The predicted molar refractivity (Wildman–Crippen MR) is 172 cm³/mol. The van der Waals surface area contributed by atoms with Crippen LogP contribution in [0.2, 0.25) is 0 Å². The van der Waals surface area contributed by atoms with Crippen molar-refractivity contribution in [2.75, 3.05) is 13.2 Å². The molecule has 0 saturated carbocycles. The third-order valence-corrected chi connectivity index (χ3v) is 6.92. The molecular weight excluding hydrogens is 570 g/mol. The molecule has 2 aromatic carbocycles. The number of fused-ring (bicyclic) bond motifs is 1. The van der Waals surface area contributed by atoms with Gasteiger partial charge in [-0.1, -0.05) is 25.8 Å². The van der Waals surface area contributed by atoms with Gasteiger partial charge in [0, 0.05) is 29.2 Å². The van der Waals surface area contributed by atoms with E-state index in [1.54, 1.807) is 13.1 Å². The Morgan fingerprint density at radius 2 is 1.33 bits per heavy atom. The molecule has 0 unspecified atom stereocenters. The molecule has 2 N–H and O–H groups in total. The van der Waals surface area contributed by atoms with Gasteiger partial charge in [0.25, 0.3) is 0 Å². The second-order valence-electron chi connectivity index (χ2n) is 10.2. The highest BCUT2D eigenvalue weighted by Gasteiger charge is 2.17. The van der Waals surface area contributed by atoms with Crippen molar-refractivity contribution in [1.82, 2.24) is 15.0 Å². The van der Waals surface area contributed by atoms with Gasteiger partial charge in [-0.05, 0) is 79.4 Å². The molecule has 45 heavy (non-hydrogen) atoms. The smallest absolute Gasteiger partial charge is 0.335 e. The molecule has 3 heterocycles. The monoisotopic (exact) mass is 601 g/mol. The van der Waals surface area contributed by atoms with Crippen LogP contribution in [-0.4, -0.2) is 50.3 Å². The largest absolute Gasteiger partial charge is 0.493 e. The Labute approximate surface area is 260 Å². The van der Waals surface area contributed by atoms with Crippen LogP contribution in [0.5, 0.6) is 11.5 Å². The fourth-order valence-electron chi connectivity index (χ4n) is 4.83. The summed E-state index contributed by atoms with van der Waals surface area (Å²) in [5, 5.41) is 21.0. The number of ether oxygens (including phenoxy) is 2. The van der Waals surface area contributed by atoms with E-state index in [-0.39, 0.29) is 22.5 Å². The molecule has 0 fully saturated rings. The van der Waals surface area contributed by atoms with Crippen molar-refractivity contribution in [2.45, 2.75) is 33.6 Å². The lowest BCUT2D eigenvalue weighted by Gasteiger charge is -2.16. The standard InChI is InChI=1S/C36H31N3O6/c1-4-7-24-21-33(44-14-5-2)28-16-22(8-9-27(28)34(24)45-15-6-3)23-10-12-37-29(17-23)31-19-26(36(42)43)20-32(39-31)30-18-25(35(40)41)11-13-38-30/h8-13,16-21H,5-6,14-15H2,1-3H3,(H,40,41)(H,42,43). The van der Waals surface area contributed by atoms with Crippen LogP contribution in [0.15, 0.2) is 73.1 Å². The molecule has 0 amide bonds. The van der Waals surface area contributed by atoms with E-state index in [2.05, 4.69) is 40.6 Å². The van der Waals surface area contributed by atoms with Gasteiger partial charge >= 0.3 is 11.9 Å². The Kier molecular flexibility index (Phi) is 9.34. The molecule has 5 rings (SSSR count). The maximum atomic E-state index is 12.0. The summed E-state index contributed by atoms with van der Waals surface area (Å²) in [5.74, 6) is 5.28. The number of carboxylic acids is 2. The molecule has 0 atom stereocenters. The number of nitrogens with zero attached hydrogens (tertiary/aromatic N) is 3. The maximum Gasteiger partial charge on any atom is 0.335 e. The first kappa shape index (κ1) is 30.7. The summed E-state index contributed by atoms with van der Waals surface area (Å²) < 4.78 is 12.3. The summed E-state index contributed by atoms with van der Waals surface area (Å²) in [5.41, 5.74) is 3.66. The molecule has 0 aliphatic heterocycles. The molecule has 0 spiro atoms. The topological polar surface area (TPSA) is 132 Å². The highest BCUT2D eigenvalue weighted by molar-refractivity contribution is 5.98. The summed E-state index contributed by atoms with van der Waals surface area (Å²) in [6.07, 6.45) is 4.68. The third-order valence-electron chi connectivity index (χ3n) is 6.92. The van der Waals surface area contributed by atoms with E-state index in [4.69, 9.17) is 9.47 Å². The number of benzene rings is 2. The van der Waals surface area contributed by atoms with Gasteiger partial charge in [-0.25, -0.2) is 14.6 Å². The Morgan fingerprint density at radius 1 is 0.711 bits per heavy atom. The van der Waals surface area contributed by atoms with Crippen LogP contribution in [0.4, 0.5) is 0 Å². The first-order valence-electron chi connectivity index (χ1n) is 14.5. The van der Waals surface area contributed by atoms with E-state index in [0.717, 1.165) is 46.1 Å². The van der Waals surface area contributed by atoms with Crippen molar-refractivity contribution >= 4 is 22.7 Å². The van der Waals surface area contributed by atoms with E-state index in [1.807, 2.05) is 36.4 Å². The molecule has 9 heteroatoms. The van der Waals surface area contributed by atoms with Crippen LogP contribution in [0.3, 0.4) is 0 Å². The van der Waals surface area contributed by atoms with E-state index in [1.165, 1.54) is 30.5 Å². The minimum atomic E-state index is -1.16. The Balaban J connectivity index is 1.63. The summed E-state index contributed by atoms with van der Waals surface area (Å²) in [7, 11) is 0. The van der Waals surface area contributed by atoms with Crippen LogP contribution in [0.1, 0.15) is 59.9 Å². The van der Waals surface area contributed by atoms with Gasteiger partial charge in [-0.2, -0.15) is 0 Å². The van der Waals surface area contributed by atoms with Crippen molar-refractivity contribution in [3.8, 4) is 57.2 Å². The van der Waals surface area contributed by atoms with Crippen molar-refractivity contribution in [2.24, 2.45) is 0 Å². The molecule has 0 aliphatic carbocycles. The molecule has 3 aromatic heterocycles. The quantitative estimate of drug-likeness (QED) is 0.149. The molecule has 0 bridgehead atoms. The SMILES string of the molecule is CC#Cc1cc(OCCC)c2cc(-c3ccnc(-c4cc(C(=O)O)cc(-c5cc(C(=O)O)ccn5)n4)c3)ccc2c1OCCC. The molecule has 9 nitrogen and oxygen atoms in total. The lowest BCUT2D eigenvalue weighted by Crippen LogP contribution is -2.02. The fraction of sp³-hybridized carbons (Fsp3) is 0.194. The van der Waals surface area contributed by atoms with Gasteiger partial charge in [0.2, 0.25) is 0 Å². The van der Waals surface area contributed by atoms with Gasteiger partial charge in [0.15, 0.2) is 0 Å². The van der Waals surface area contributed by atoms with Gasteiger partial charge in [0.1, 0.15) is 11.5 Å². The highest BCUT2D eigenvalue weighted by atomic mass is 16.5. The van der Waals surface area contributed by atoms with Crippen LogP contribution < -0.4 is 9.47 Å². The second kappa shape index (κ2) is 13.7. The highest BCUT2D eigenvalue weighted by Crippen LogP contribution is 2.39. The van der Waals surface area contributed by atoms with Crippen molar-refractivity contribution in [3.05, 3.63) is 89.7 Å². The maximum absolute atomic E-state index is 12.0. The fourth-order valence-corrected chi connectivity index (χ4v) is 4.83.